The van der Waals surface area contributed by atoms with Crippen LogP contribution >= 0.6 is 0 Å². The van der Waals surface area contributed by atoms with E-state index in [-0.39, 0.29) is 5.78 Å². The van der Waals surface area contributed by atoms with Crippen LogP contribution < -0.4 is 4.74 Å². The first-order valence-electron chi connectivity index (χ1n) is 5.34. The Kier molecular flexibility index (Phi) is 4.81. The summed E-state index contributed by atoms with van der Waals surface area (Å²) < 4.78 is 5.33. The van der Waals surface area contributed by atoms with Crippen LogP contribution in [0.4, 0.5) is 0 Å². The number of hydrogen-bond donors (Lipinski definition) is 0. The van der Waals surface area contributed by atoms with Crippen LogP contribution in [0.25, 0.3) is 0 Å². The van der Waals surface area contributed by atoms with Gasteiger partial charge in [-0.2, -0.15) is 0 Å². The molecule has 0 saturated carbocycles. The van der Waals surface area contributed by atoms with Gasteiger partial charge in [0.15, 0.2) is 0 Å². The number of carbonyl (C=O) groups is 1. The summed E-state index contributed by atoms with van der Waals surface area (Å²) >= 11 is 0. The van der Waals surface area contributed by atoms with Gasteiger partial charge in [-0.15, -0.1) is 0 Å². The molecule has 0 fully saturated rings. The molecule has 3 heteroatoms. The molecular formula is C12H17NO2. The lowest BCUT2D eigenvalue weighted by atomic mass is 10.1. The van der Waals surface area contributed by atoms with Crippen molar-refractivity contribution in [1.29, 1.82) is 0 Å². The molecule has 0 aliphatic carbocycles. The van der Waals surface area contributed by atoms with E-state index in [1.807, 2.05) is 19.9 Å². The van der Waals surface area contributed by atoms with Crippen molar-refractivity contribution in [3.05, 3.63) is 24.0 Å². The number of hydrogen-bond acceptors (Lipinski definition) is 3. The summed E-state index contributed by atoms with van der Waals surface area (Å²) in [5.74, 6) is 1.07. The van der Waals surface area contributed by atoms with E-state index >= 15 is 0 Å². The molecule has 3 nitrogen and oxygen atoms in total. The van der Waals surface area contributed by atoms with Crippen molar-refractivity contribution in [2.45, 2.75) is 33.1 Å². The quantitative estimate of drug-likeness (QED) is 0.719. The molecule has 0 radical (unpaired) electrons. The lowest BCUT2D eigenvalue weighted by Gasteiger charge is -2.04. The summed E-state index contributed by atoms with van der Waals surface area (Å²) in [5, 5.41) is 0. The first-order chi connectivity index (χ1) is 7.26. The van der Waals surface area contributed by atoms with Crippen molar-refractivity contribution in [2.24, 2.45) is 0 Å². The summed E-state index contributed by atoms with van der Waals surface area (Å²) in [4.78, 5) is 15.2. The number of carbonyl (C=O) groups excluding carboxylic acids is 1. The van der Waals surface area contributed by atoms with E-state index in [0.29, 0.717) is 19.4 Å². The smallest absolute Gasteiger partial charge is 0.137 e. The van der Waals surface area contributed by atoms with E-state index in [4.69, 9.17) is 4.74 Å². The number of Topliss-reactive ketones (excluding diaryl/α,β-unsaturated/α-hetero) is 1. The molecule has 0 N–H and O–H groups in total. The third-order valence-corrected chi connectivity index (χ3v) is 2.17. The van der Waals surface area contributed by atoms with Crippen LogP contribution in [0.5, 0.6) is 5.75 Å². The Morgan fingerprint density at radius 1 is 1.40 bits per heavy atom. The Morgan fingerprint density at radius 3 is 2.87 bits per heavy atom. The second-order valence-corrected chi connectivity index (χ2v) is 3.35. The van der Waals surface area contributed by atoms with Crippen molar-refractivity contribution in [2.75, 3.05) is 6.61 Å². The van der Waals surface area contributed by atoms with Gasteiger partial charge in [0.2, 0.25) is 0 Å². The van der Waals surface area contributed by atoms with Gasteiger partial charge in [-0.05, 0) is 25.0 Å². The maximum absolute atomic E-state index is 11.1. The van der Waals surface area contributed by atoms with Crippen LogP contribution in [-0.2, 0) is 11.2 Å². The van der Waals surface area contributed by atoms with Gasteiger partial charge in [-0.1, -0.05) is 6.92 Å². The average Bonchev–Trinajstić information content (AvgIpc) is 2.27. The van der Waals surface area contributed by atoms with E-state index in [1.54, 1.807) is 12.4 Å². The Hall–Kier alpha value is -1.38. The Morgan fingerprint density at radius 2 is 2.20 bits per heavy atom. The zero-order chi connectivity index (χ0) is 11.1. The van der Waals surface area contributed by atoms with Crippen molar-refractivity contribution in [3.8, 4) is 5.75 Å². The zero-order valence-electron chi connectivity index (χ0n) is 9.32. The van der Waals surface area contributed by atoms with Crippen molar-refractivity contribution in [1.82, 2.24) is 4.98 Å². The van der Waals surface area contributed by atoms with E-state index in [2.05, 4.69) is 4.98 Å². The second-order valence-electron chi connectivity index (χ2n) is 3.35. The molecule has 0 aliphatic heterocycles. The second kappa shape index (κ2) is 6.17. The average molecular weight is 207 g/mol. The molecule has 1 rings (SSSR count). The summed E-state index contributed by atoms with van der Waals surface area (Å²) in [6.07, 6.45) is 5.42. The Balaban J connectivity index is 2.53. The number of rotatable bonds is 6. The molecule has 1 aromatic heterocycles. The third-order valence-electron chi connectivity index (χ3n) is 2.17. The SMILES string of the molecule is CCOc1cncc(CCC(=O)CC)c1. The lowest BCUT2D eigenvalue weighted by Crippen LogP contribution is -1.99. The number of nitrogens with zero attached hydrogens (tertiary/aromatic N) is 1. The first kappa shape index (κ1) is 11.7. The molecule has 1 heterocycles. The molecule has 0 saturated heterocycles. The fraction of sp³-hybridized carbons (Fsp3) is 0.500. The number of aromatic nitrogens is 1. The molecule has 0 atom stereocenters. The molecule has 0 aromatic carbocycles. The summed E-state index contributed by atoms with van der Waals surface area (Å²) in [6.45, 7) is 4.46. The van der Waals surface area contributed by atoms with Crippen LogP contribution in [0.1, 0.15) is 32.3 Å². The number of ether oxygens (including phenoxy) is 1. The molecule has 0 amide bonds. The standard InChI is InChI=1S/C12H17NO2/c1-3-11(14)6-5-10-7-12(15-4-2)9-13-8-10/h7-9H,3-6H2,1-2H3. The molecule has 0 spiro atoms. The normalized spacial score (nSPS) is 10.0. The van der Waals surface area contributed by atoms with Gasteiger partial charge in [-0.3, -0.25) is 9.78 Å². The Labute approximate surface area is 90.5 Å². The number of ketones is 1. The highest BCUT2D eigenvalue weighted by Gasteiger charge is 2.01. The van der Waals surface area contributed by atoms with Gasteiger partial charge in [0.25, 0.3) is 0 Å². The maximum atomic E-state index is 11.1. The summed E-state index contributed by atoms with van der Waals surface area (Å²) in [7, 11) is 0. The fourth-order valence-corrected chi connectivity index (χ4v) is 1.31. The van der Waals surface area contributed by atoms with E-state index in [9.17, 15) is 4.79 Å². The molecule has 0 bridgehead atoms. The van der Waals surface area contributed by atoms with Gasteiger partial charge < -0.3 is 4.74 Å². The molecule has 82 valence electrons. The highest BCUT2D eigenvalue weighted by molar-refractivity contribution is 5.78. The highest BCUT2D eigenvalue weighted by atomic mass is 16.5. The highest BCUT2D eigenvalue weighted by Crippen LogP contribution is 2.12. The minimum absolute atomic E-state index is 0.289. The van der Waals surface area contributed by atoms with E-state index in [1.165, 1.54) is 0 Å². The fourth-order valence-electron chi connectivity index (χ4n) is 1.31. The molecule has 0 aliphatic rings. The van der Waals surface area contributed by atoms with Gasteiger partial charge in [0.05, 0.1) is 12.8 Å². The molecular weight excluding hydrogens is 190 g/mol. The van der Waals surface area contributed by atoms with Crippen molar-refractivity contribution in [3.63, 3.8) is 0 Å². The third kappa shape index (κ3) is 4.11. The van der Waals surface area contributed by atoms with Gasteiger partial charge in [0, 0.05) is 19.0 Å². The molecule has 0 unspecified atom stereocenters. The minimum Gasteiger partial charge on any atom is -0.492 e. The maximum Gasteiger partial charge on any atom is 0.137 e. The predicted octanol–water partition coefficient (Wildman–Crippen LogP) is 2.39. The summed E-state index contributed by atoms with van der Waals surface area (Å²) in [5.41, 5.74) is 1.06. The van der Waals surface area contributed by atoms with Crippen LogP contribution in [0, 0.1) is 0 Å². The topological polar surface area (TPSA) is 39.2 Å². The van der Waals surface area contributed by atoms with Crippen LogP contribution in [0.15, 0.2) is 18.5 Å². The first-order valence-corrected chi connectivity index (χ1v) is 5.34. The van der Waals surface area contributed by atoms with Gasteiger partial charge >= 0.3 is 0 Å². The molecule has 1 aromatic rings. The van der Waals surface area contributed by atoms with Crippen LogP contribution in [0.3, 0.4) is 0 Å². The van der Waals surface area contributed by atoms with Crippen LogP contribution in [-0.4, -0.2) is 17.4 Å². The Bertz CT molecular complexity index is 323. The largest absolute Gasteiger partial charge is 0.492 e. The van der Waals surface area contributed by atoms with Gasteiger partial charge in [-0.25, -0.2) is 0 Å². The summed E-state index contributed by atoms with van der Waals surface area (Å²) in [6, 6.07) is 1.94. The lowest BCUT2D eigenvalue weighted by molar-refractivity contribution is -0.118. The van der Waals surface area contributed by atoms with Crippen molar-refractivity contribution >= 4 is 5.78 Å². The molecule has 15 heavy (non-hydrogen) atoms. The van der Waals surface area contributed by atoms with E-state index in [0.717, 1.165) is 17.7 Å². The monoisotopic (exact) mass is 207 g/mol. The number of aryl methyl sites for hydroxylation is 1. The van der Waals surface area contributed by atoms with Crippen molar-refractivity contribution < 1.29 is 9.53 Å². The van der Waals surface area contributed by atoms with Gasteiger partial charge in [0.1, 0.15) is 11.5 Å². The minimum atomic E-state index is 0.289. The number of pyridine rings is 1. The van der Waals surface area contributed by atoms with Crippen LogP contribution in [0.2, 0.25) is 0 Å². The van der Waals surface area contributed by atoms with E-state index < -0.39 is 0 Å². The predicted molar refractivity (Wildman–Crippen MR) is 59.0 cm³/mol. The zero-order valence-corrected chi connectivity index (χ0v) is 9.32.